The molecule has 3 heterocycles. The number of halogens is 1. The molecule has 1 aliphatic heterocycles. The zero-order chi connectivity index (χ0) is 26.7. The van der Waals surface area contributed by atoms with Crippen molar-refractivity contribution in [3.63, 3.8) is 0 Å². The molecule has 0 aliphatic carbocycles. The van der Waals surface area contributed by atoms with Crippen LogP contribution in [0.25, 0.3) is 17.0 Å². The van der Waals surface area contributed by atoms with Gasteiger partial charge in [0.25, 0.3) is 0 Å². The molecule has 3 aromatic rings. The quantitative estimate of drug-likeness (QED) is 0.162. The molecule has 4 rings (SSSR count). The van der Waals surface area contributed by atoms with Crippen LogP contribution in [0.4, 0.5) is 10.2 Å². The Morgan fingerprint density at radius 3 is 2.95 bits per heavy atom. The monoisotopic (exact) mass is 522 g/mol. The van der Waals surface area contributed by atoms with Crippen molar-refractivity contribution in [2.24, 2.45) is 9.98 Å². The third-order valence-electron chi connectivity index (χ3n) is 6.00. The molecule has 1 aromatic carbocycles. The normalized spacial score (nSPS) is 15.3. The fraction of sp³-hybridized carbons (Fsp3) is 0.370. The van der Waals surface area contributed by atoms with E-state index in [1.807, 2.05) is 32.1 Å². The lowest BCUT2D eigenvalue weighted by Crippen LogP contribution is -2.38. The molecule has 11 heteroatoms. The van der Waals surface area contributed by atoms with Gasteiger partial charge in [-0.1, -0.05) is 6.08 Å². The van der Waals surface area contributed by atoms with Gasteiger partial charge in [-0.2, -0.15) is 5.10 Å². The summed E-state index contributed by atoms with van der Waals surface area (Å²) in [5.74, 6) is 1.31. The van der Waals surface area contributed by atoms with Crippen molar-refractivity contribution in [1.82, 2.24) is 25.4 Å². The molecule has 0 unspecified atom stereocenters. The van der Waals surface area contributed by atoms with E-state index in [2.05, 4.69) is 47.4 Å². The molecule has 1 saturated heterocycles. The first-order valence-electron chi connectivity index (χ1n) is 12.7. The molecule has 0 amide bonds. The summed E-state index contributed by atoms with van der Waals surface area (Å²) in [4.78, 5) is 14.1. The van der Waals surface area contributed by atoms with Crippen LogP contribution in [0.1, 0.15) is 24.7 Å². The van der Waals surface area contributed by atoms with Crippen LogP contribution < -0.4 is 15.4 Å². The zero-order valence-corrected chi connectivity index (χ0v) is 21.9. The lowest BCUT2D eigenvalue weighted by atomic mass is 10.2. The summed E-state index contributed by atoms with van der Waals surface area (Å²) in [6, 6.07) is 7.02. The highest BCUT2D eigenvalue weighted by Gasteiger charge is 2.12. The predicted molar refractivity (Wildman–Crippen MR) is 150 cm³/mol. The number of nitrogens with zero attached hydrogens (tertiary/aromatic N) is 4. The summed E-state index contributed by atoms with van der Waals surface area (Å²) < 4.78 is 26.0. The van der Waals surface area contributed by atoms with Gasteiger partial charge in [0.1, 0.15) is 11.7 Å². The lowest BCUT2D eigenvalue weighted by Gasteiger charge is -2.26. The second-order valence-electron chi connectivity index (χ2n) is 8.86. The SMILES string of the molecule is C=N/C(=C\C(=N/COc1ccc2[nH]c(C)cc2c1F)NCCCN1CCOCC1)Nc1cc(/C=C/C)[nH]n1. The molecule has 0 spiro atoms. The molecule has 0 atom stereocenters. The van der Waals surface area contributed by atoms with Crippen molar-refractivity contribution in [1.29, 1.82) is 0 Å². The first-order chi connectivity index (χ1) is 18.6. The number of aromatic amines is 2. The number of H-pyrrole nitrogens is 2. The van der Waals surface area contributed by atoms with Gasteiger partial charge < -0.3 is 25.1 Å². The van der Waals surface area contributed by atoms with Crippen molar-refractivity contribution in [2.45, 2.75) is 20.3 Å². The Morgan fingerprint density at radius 1 is 1.32 bits per heavy atom. The van der Waals surface area contributed by atoms with Crippen LogP contribution in [0.2, 0.25) is 0 Å². The first-order valence-corrected chi connectivity index (χ1v) is 12.7. The molecule has 4 N–H and O–H groups in total. The average Bonchev–Trinajstić information content (AvgIpc) is 3.53. The summed E-state index contributed by atoms with van der Waals surface area (Å²) in [5, 5.41) is 14.1. The third-order valence-corrected chi connectivity index (χ3v) is 6.00. The van der Waals surface area contributed by atoms with Crippen LogP contribution in [0.15, 0.2) is 52.2 Å². The van der Waals surface area contributed by atoms with E-state index in [1.54, 1.807) is 24.3 Å². The number of fused-ring (bicyclic) bond motifs is 1. The molecule has 1 aliphatic rings. The number of allylic oxidation sites excluding steroid dienone is 1. The van der Waals surface area contributed by atoms with E-state index >= 15 is 0 Å². The Kier molecular flexibility index (Phi) is 9.65. The molecule has 38 heavy (non-hydrogen) atoms. The number of aliphatic imine (C=N–C) groups is 2. The van der Waals surface area contributed by atoms with Crippen LogP contribution in [-0.2, 0) is 4.74 Å². The summed E-state index contributed by atoms with van der Waals surface area (Å²) in [7, 11) is 0. The minimum absolute atomic E-state index is 0.0770. The smallest absolute Gasteiger partial charge is 0.181 e. The van der Waals surface area contributed by atoms with Crippen LogP contribution >= 0.6 is 0 Å². The molecule has 2 aromatic heterocycles. The first kappa shape index (κ1) is 27.1. The number of aromatic nitrogens is 3. The van der Waals surface area contributed by atoms with Crippen molar-refractivity contribution in [3.05, 3.63) is 59.4 Å². The summed E-state index contributed by atoms with van der Waals surface area (Å²) in [6.07, 6.45) is 6.48. The summed E-state index contributed by atoms with van der Waals surface area (Å²) in [5.41, 5.74) is 2.47. The third kappa shape index (κ3) is 7.53. The van der Waals surface area contributed by atoms with E-state index in [1.165, 1.54) is 0 Å². The number of hydrogen-bond acceptors (Lipinski definition) is 7. The minimum atomic E-state index is -0.414. The van der Waals surface area contributed by atoms with Gasteiger partial charge in [-0.3, -0.25) is 10.00 Å². The van der Waals surface area contributed by atoms with Gasteiger partial charge in [-0.15, -0.1) is 0 Å². The summed E-state index contributed by atoms with van der Waals surface area (Å²) in [6.45, 7) is 12.5. The fourth-order valence-electron chi connectivity index (χ4n) is 4.11. The average molecular weight is 523 g/mol. The van der Waals surface area contributed by atoms with Crippen LogP contribution in [0.5, 0.6) is 5.75 Å². The maximum Gasteiger partial charge on any atom is 0.181 e. The fourth-order valence-corrected chi connectivity index (χ4v) is 4.11. The van der Waals surface area contributed by atoms with Gasteiger partial charge in [-0.05, 0) is 57.8 Å². The zero-order valence-electron chi connectivity index (χ0n) is 21.9. The molecule has 1 fully saturated rings. The minimum Gasteiger partial charge on any atom is -0.468 e. The van der Waals surface area contributed by atoms with Gasteiger partial charge >= 0.3 is 0 Å². The van der Waals surface area contributed by atoms with Crippen molar-refractivity contribution >= 4 is 35.3 Å². The number of aryl methyl sites for hydroxylation is 1. The Labute approximate surface area is 221 Å². The highest BCUT2D eigenvalue weighted by molar-refractivity contribution is 5.94. The van der Waals surface area contributed by atoms with Crippen molar-refractivity contribution in [2.75, 3.05) is 51.4 Å². The molecular weight excluding hydrogens is 487 g/mol. The maximum atomic E-state index is 14.9. The van der Waals surface area contributed by atoms with Gasteiger partial charge in [0.2, 0.25) is 0 Å². The molecule has 0 saturated carbocycles. The van der Waals surface area contributed by atoms with E-state index in [-0.39, 0.29) is 12.5 Å². The van der Waals surface area contributed by atoms with E-state index in [4.69, 9.17) is 9.47 Å². The number of amidine groups is 1. The van der Waals surface area contributed by atoms with Gasteiger partial charge in [0.05, 0.1) is 18.9 Å². The van der Waals surface area contributed by atoms with Crippen molar-refractivity contribution in [3.8, 4) is 5.75 Å². The lowest BCUT2D eigenvalue weighted by molar-refractivity contribution is 0.0376. The molecule has 0 radical (unpaired) electrons. The number of rotatable bonds is 12. The van der Waals surface area contributed by atoms with Gasteiger partial charge in [-0.25, -0.2) is 14.4 Å². The van der Waals surface area contributed by atoms with E-state index < -0.39 is 5.82 Å². The topological polar surface area (TPSA) is 115 Å². The molecular formula is C27H35FN8O2. The maximum absolute atomic E-state index is 14.9. The highest BCUT2D eigenvalue weighted by Crippen LogP contribution is 2.26. The van der Waals surface area contributed by atoms with E-state index in [0.717, 1.165) is 56.2 Å². The Balaban J connectivity index is 1.43. The van der Waals surface area contributed by atoms with Crippen LogP contribution in [-0.4, -0.2) is 78.8 Å². The van der Waals surface area contributed by atoms with Crippen molar-refractivity contribution < 1.29 is 13.9 Å². The van der Waals surface area contributed by atoms with Crippen LogP contribution in [0, 0.1) is 12.7 Å². The number of anilines is 1. The molecule has 10 nitrogen and oxygen atoms in total. The molecule has 202 valence electrons. The predicted octanol–water partition coefficient (Wildman–Crippen LogP) is 4.07. The van der Waals surface area contributed by atoms with Crippen LogP contribution in [0.3, 0.4) is 0 Å². The van der Waals surface area contributed by atoms with E-state index in [9.17, 15) is 4.39 Å². The Bertz CT molecular complexity index is 1300. The Morgan fingerprint density at radius 2 is 2.16 bits per heavy atom. The Hall–Kier alpha value is -3.96. The number of benzene rings is 1. The van der Waals surface area contributed by atoms with Gasteiger partial charge in [0, 0.05) is 48.4 Å². The number of hydrogen-bond donors (Lipinski definition) is 4. The number of morpholine rings is 1. The van der Waals surface area contributed by atoms with Gasteiger partial charge in [0.15, 0.2) is 24.1 Å². The largest absolute Gasteiger partial charge is 0.468 e. The summed E-state index contributed by atoms with van der Waals surface area (Å²) >= 11 is 0. The second-order valence-corrected chi connectivity index (χ2v) is 8.86. The number of ether oxygens (including phenoxy) is 2. The number of nitrogens with one attached hydrogen (secondary N) is 4. The standard InChI is InChI=1S/C27H35FN8O2/c1-4-6-20-16-26(35-34-20)33-24(29-3)17-25(30-9-5-10-36-11-13-37-14-12-36)31-18-38-23-8-7-22-21(27(23)28)15-19(2)32-22/h4,6-8,15-17,32H,3,5,9-14,18H2,1-2H3,(H,30,31)(H2,33,34,35)/b6-4+,24-17+. The van der Waals surface area contributed by atoms with E-state index in [0.29, 0.717) is 29.4 Å². The molecule has 0 bridgehead atoms. The second kappa shape index (κ2) is 13.5. The highest BCUT2D eigenvalue weighted by atomic mass is 19.1.